The molecule has 1 aromatic heterocycles. The summed E-state index contributed by atoms with van der Waals surface area (Å²) in [6, 6.07) is 30.9. The zero-order valence-corrected chi connectivity index (χ0v) is 21.7. The van der Waals surface area contributed by atoms with Crippen molar-refractivity contribution in [3.8, 4) is 22.3 Å². The third kappa shape index (κ3) is 4.86. The van der Waals surface area contributed by atoms with Crippen molar-refractivity contribution in [2.24, 2.45) is 0 Å². The van der Waals surface area contributed by atoms with E-state index in [1.807, 2.05) is 13.8 Å². The Morgan fingerprint density at radius 2 is 1.29 bits per heavy atom. The number of rotatable bonds is 4. The number of para-hydroxylation sites is 1. The maximum Gasteiger partial charge on any atom is 0.0471 e. The first-order chi connectivity index (χ1) is 17.0. The largest absolute Gasteiger partial charge is 0.354 e. The van der Waals surface area contributed by atoms with Gasteiger partial charge >= 0.3 is 0 Å². The van der Waals surface area contributed by atoms with Crippen LogP contribution in [0.1, 0.15) is 45.7 Å². The maximum absolute atomic E-state index is 3.57. The van der Waals surface area contributed by atoms with Crippen molar-refractivity contribution in [3.63, 3.8) is 0 Å². The summed E-state index contributed by atoms with van der Waals surface area (Å²) in [5.41, 5.74) is 12.5. The van der Waals surface area contributed by atoms with Crippen LogP contribution in [-0.2, 0) is 0 Å². The van der Waals surface area contributed by atoms with Gasteiger partial charge in [0.2, 0.25) is 0 Å². The minimum atomic E-state index is 1.18. The van der Waals surface area contributed by atoms with Crippen molar-refractivity contribution in [2.45, 2.75) is 41.5 Å². The molecule has 0 aliphatic carbocycles. The number of aryl methyl sites for hydroxylation is 1. The van der Waals surface area contributed by atoms with Crippen LogP contribution in [0, 0.1) is 6.92 Å². The van der Waals surface area contributed by atoms with E-state index in [2.05, 4.69) is 130 Å². The van der Waals surface area contributed by atoms with Crippen LogP contribution in [0.4, 0.5) is 0 Å². The Morgan fingerprint density at radius 1 is 0.657 bits per heavy atom. The van der Waals surface area contributed by atoms with E-state index < -0.39 is 0 Å². The Labute approximate surface area is 209 Å². The Balaban J connectivity index is 0.00000141. The molecule has 1 N–H and O–H groups in total. The molecule has 5 aromatic rings. The Hall–Kier alpha value is -3.84. The molecule has 176 valence electrons. The highest BCUT2D eigenvalue weighted by molar-refractivity contribution is 6.08. The summed E-state index contributed by atoms with van der Waals surface area (Å²) in [5.74, 6) is 0. The van der Waals surface area contributed by atoms with Gasteiger partial charge in [-0.2, -0.15) is 0 Å². The molecule has 35 heavy (non-hydrogen) atoms. The monoisotopic (exact) mass is 457 g/mol. The molecule has 1 heteroatoms. The van der Waals surface area contributed by atoms with Crippen LogP contribution < -0.4 is 0 Å². The number of hydrogen-bond acceptors (Lipinski definition) is 0. The van der Waals surface area contributed by atoms with Gasteiger partial charge in [-0.1, -0.05) is 92.2 Å². The van der Waals surface area contributed by atoms with Gasteiger partial charge in [0.15, 0.2) is 0 Å². The SMILES string of the molecule is C/C=C\C(=C(C)C)c1cc(-c2cccc(-c3ccc4c(c3)[nH]c3ccccc34)c2)ccc1C.CC. The average molecular weight is 458 g/mol. The highest BCUT2D eigenvalue weighted by atomic mass is 14.7. The van der Waals surface area contributed by atoms with Gasteiger partial charge in [-0.15, -0.1) is 0 Å². The molecule has 0 amide bonds. The van der Waals surface area contributed by atoms with Crippen molar-refractivity contribution in [1.29, 1.82) is 0 Å². The molecule has 0 bridgehead atoms. The molecule has 0 fully saturated rings. The van der Waals surface area contributed by atoms with E-state index in [-0.39, 0.29) is 0 Å². The average Bonchev–Trinajstić information content (AvgIpc) is 3.27. The number of allylic oxidation sites excluding steroid dienone is 4. The molecule has 0 aliphatic heterocycles. The molecule has 1 heterocycles. The number of hydrogen-bond donors (Lipinski definition) is 1. The molecular weight excluding hydrogens is 422 g/mol. The molecule has 0 radical (unpaired) electrons. The fourth-order valence-electron chi connectivity index (χ4n) is 4.70. The smallest absolute Gasteiger partial charge is 0.0471 e. The van der Waals surface area contributed by atoms with Crippen molar-refractivity contribution >= 4 is 27.4 Å². The first kappa shape index (κ1) is 24.3. The Kier molecular flexibility index (Phi) is 7.36. The predicted octanol–water partition coefficient (Wildman–Crippen LogP) is 10.4. The minimum absolute atomic E-state index is 1.18. The van der Waals surface area contributed by atoms with Crippen LogP contribution in [-0.4, -0.2) is 4.98 Å². The van der Waals surface area contributed by atoms with Gasteiger partial charge in [0.25, 0.3) is 0 Å². The van der Waals surface area contributed by atoms with Gasteiger partial charge in [-0.05, 0) is 90.9 Å². The number of benzene rings is 4. The van der Waals surface area contributed by atoms with E-state index in [4.69, 9.17) is 0 Å². The topological polar surface area (TPSA) is 15.8 Å². The molecule has 0 aliphatic rings. The van der Waals surface area contributed by atoms with Crippen molar-refractivity contribution in [3.05, 3.63) is 114 Å². The summed E-state index contributed by atoms with van der Waals surface area (Å²) in [5, 5.41) is 2.54. The van der Waals surface area contributed by atoms with E-state index in [1.54, 1.807) is 0 Å². The molecule has 4 aromatic carbocycles. The molecule has 0 saturated carbocycles. The third-order valence-corrected chi connectivity index (χ3v) is 6.44. The fourth-order valence-corrected chi connectivity index (χ4v) is 4.70. The molecule has 0 unspecified atom stereocenters. The summed E-state index contributed by atoms with van der Waals surface area (Å²) >= 11 is 0. The molecule has 0 atom stereocenters. The van der Waals surface area contributed by atoms with Gasteiger partial charge < -0.3 is 4.98 Å². The zero-order valence-electron chi connectivity index (χ0n) is 21.7. The Bertz CT molecular complexity index is 1540. The van der Waals surface area contributed by atoms with Crippen LogP contribution >= 0.6 is 0 Å². The zero-order chi connectivity index (χ0) is 24.9. The van der Waals surface area contributed by atoms with Gasteiger partial charge in [0.1, 0.15) is 0 Å². The predicted molar refractivity (Wildman–Crippen MR) is 156 cm³/mol. The quantitative estimate of drug-likeness (QED) is 0.258. The Morgan fingerprint density at radius 3 is 2.00 bits per heavy atom. The molecule has 0 spiro atoms. The number of aromatic amines is 1. The van der Waals surface area contributed by atoms with Crippen LogP contribution in [0.2, 0.25) is 0 Å². The van der Waals surface area contributed by atoms with E-state index >= 15 is 0 Å². The molecule has 5 rings (SSSR count). The number of aromatic nitrogens is 1. The van der Waals surface area contributed by atoms with Crippen LogP contribution in [0.15, 0.2) is 103 Å². The van der Waals surface area contributed by atoms with E-state index in [0.717, 1.165) is 0 Å². The minimum Gasteiger partial charge on any atom is -0.354 e. The van der Waals surface area contributed by atoms with Crippen LogP contribution in [0.3, 0.4) is 0 Å². The van der Waals surface area contributed by atoms with E-state index in [0.29, 0.717) is 0 Å². The summed E-state index contributed by atoms with van der Waals surface area (Å²) in [6.07, 6.45) is 4.34. The lowest BCUT2D eigenvalue weighted by atomic mass is 9.91. The van der Waals surface area contributed by atoms with Crippen molar-refractivity contribution < 1.29 is 0 Å². The summed E-state index contributed by atoms with van der Waals surface area (Å²) in [6.45, 7) is 12.6. The summed E-state index contributed by atoms with van der Waals surface area (Å²) < 4.78 is 0. The van der Waals surface area contributed by atoms with Gasteiger partial charge in [0, 0.05) is 21.8 Å². The molecule has 1 nitrogen and oxygen atoms in total. The van der Waals surface area contributed by atoms with Crippen molar-refractivity contribution in [2.75, 3.05) is 0 Å². The number of H-pyrrole nitrogens is 1. The second kappa shape index (κ2) is 10.6. The van der Waals surface area contributed by atoms with Crippen LogP contribution in [0.25, 0.3) is 49.6 Å². The van der Waals surface area contributed by atoms with Crippen LogP contribution in [0.5, 0.6) is 0 Å². The second-order valence-electron chi connectivity index (χ2n) is 8.96. The van der Waals surface area contributed by atoms with Gasteiger partial charge in [-0.25, -0.2) is 0 Å². The lowest BCUT2D eigenvalue weighted by Gasteiger charge is -2.13. The van der Waals surface area contributed by atoms with Gasteiger partial charge in [-0.3, -0.25) is 0 Å². The first-order valence-electron chi connectivity index (χ1n) is 12.6. The highest BCUT2D eigenvalue weighted by Crippen LogP contribution is 2.33. The fraction of sp³-hybridized carbons (Fsp3) is 0.176. The summed E-state index contributed by atoms with van der Waals surface area (Å²) in [7, 11) is 0. The van der Waals surface area contributed by atoms with E-state index in [1.165, 1.54) is 66.3 Å². The maximum atomic E-state index is 3.57. The van der Waals surface area contributed by atoms with Crippen molar-refractivity contribution in [1.82, 2.24) is 4.98 Å². The van der Waals surface area contributed by atoms with Gasteiger partial charge in [0.05, 0.1) is 0 Å². The standard InChI is InChI=1S/C32H29N.C2H6/c1-5-9-27(21(2)3)30-19-25(15-14-22(30)4)23-10-8-11-24(18-23)26-16-17-29-28-12-6-7-13-31(28)33-32(29)20-26;1-2/h5-20,33H,1-4H3;1-2H3/b9-5-;. The number of fused-ring (bicyclic) bond motifs is 3. The summed E-state index contributed by atoms with van der Waals surface area (Å²) in [4.78, 5) is 3.57. The molecule has 0 saturated heterocycles. The normalized spacial score (nSPS) is 11.0. The molecular formula is C34H35N. The van der Waals surface area contributed by atoms with E-state index in [9.17, 15) is 0 Å². The highest BCUT2D eigenvalue weighted by Gasteiger charge is 2.09. The lowest BCUT2D eigenvalue weighted by molar-refractivity contribution is 1.35. The second-order valence-corrected chi connectivity index (χ2v) is 8.96. The first-order valence-corrected chi connectivity index (χ1v) is 12.6. The lowest BCUT2D eigenvalue weighted by Crippen LogP contribution is -1.91. The third-order valence-electron chi connectivity index (χ3n) is 6.44. The number of nitrogens with one attached hydrogen (secondary N) is 1.